The van der Waals surface area contributed by atoms with Gasteiger partial charge in [-0.3, -0.25) is 9.59 Å². The minimum Gasteiger partial charge on any atom is -0.424 e. The molecule has 6 nitrogen and oxygen atoms in total. The number of hydrogen-bond acceptors (Lipinski definition) is 5. The molecule has 0 N–H and O–H groups in total. The molecule has 0 amide bonds. The van der Waals surface area contributed by atoms with Crippen LogP contribution < -0.4 is 4.74 Å². The Morgan fingerprint density at radius 2 is 1.97 bits per heavy atom. The third-order valence-electron chi connectivity index (χ3n) is 4.17. The van der Waals surface area contributed by atoms with E-state index in [9.17, 15) is 35.9 Å². The average Bonchev–Trinajstić information content (AvgIpc) is 3.31. The molecule has 3 rings (SSSR count). The predicted molar refractivity (Wildman–Crippen MR) is 83.8 cm³/mol. The Balaban J connectivity index is 2.34. The lowest BCUT2D eigenvalue weighted by molar-refractivity contribution is -0.141. The van der Waals surface area contributed by atoms with Crippen molar-refractivity contribution in [3.8, 4) is 5.75 Å². The maximum Gasteiger partial charge on any atom is 0.434 e. The van der Waals surface area contributed by atoms with Crippen molar-refractivity contribution in [1.82, 2.24) is 14.8 Å². The van der Waals surface area contributed by atoms with E-state index < -0.39 is 58.7 Å². The highest BCUT2D eigenvalue weighted by atomic mass is 19.4. The lowest BCUT2D eigenvalue weighted by Gasteiger charge is -2.20. The minimum atomic E-state index is -5.28. The first-order valence-electron chi connectivity index (χ1n) is 8.35. The van der Waals surface area contributed by atoms with Crippen molar-refractivity contribution in [2.24, 2.45) is 5.92 Å². The van der Waals surface area contributed by atoms with Gasteiger partial charge in [-0.05, 0) is 25.2 Å². The molecule has 156 valence electrons. The molecular weight excluding hydrogens is 408 g/mol. The van der Waals surface area contributed by atoms with Crippen molar-refractivity contribution in [2.45, 2.75) is 38.8 Å². The maximum absolute atomic E-state index is 13.6. The first-order valence-corrected chi connectivity index (χ1v) is 8.35. The van der Waals surface area contributed by atoms with Crippen LogP contribution in [0.15, 0.2) is 12.3 Å². The number of hydrogen-bond donors (Lipinski definition) is 0. The quantitative estimate of drug-likeness (QED) is 0.540. The molecule has 1 saturated carbocycles. The highest BCUT2D eigenvalue weighted by Crippen LogP contribution is 2.44. The Bertz CT molecular complexity index is 966. The number of aromatic nitrogens is 3. The molecule has 29 heavy (non-hydrogen) atoms. The summed E-state index contributed by atoms with van der Waals surface area (Å²) < 4.78 is 86.1. The molecule has 0 aromatic carbocycles. The van der Waals surface area contributed by atoms with Gasteiger partial charge in [-0.25, -0.2) is 18.4 Å². The summed E-state index contributed by atoms with van der Waals surface area (Å²) in [6, 6.07) is 0.736. The van der Waals surface area contributed by atoms with Gasteiger partial charge in [0.25, 0.3) is 12.3 Å². The molecule has 0 bridgehead atoms. The number of esters is 1. The van der Waals surface area contributed by atoms with E-state index in [4.69, 9.17) is 4.74 Å². The van der Waals surface area contributed by atoms with Crippen molar-refractivity contribution in [2.75, 3.05) is 0 Å². The van der Waals surface area contributed by atoms with Crippen LogP contribution in [0.5, 0.6) is 5.75 Å². The van der Waals surface area contributed by atoms with Gasteiger partial charge in [0, 0.05) is 24.8 Å². The molecule has 2 aromatic heterocycles. The van der Waals surface area contributed by atoms with Crippen LogP contribution in [0.3, 0.4) is 0 Å². The summed E-state index contributed by atoms with van der Waals surface area (Å²) in [4.78, 5) is 27.1. The molecule has 2 aromatic rings. The minimum absolute atomic E-state index is 0.181. The monoisotopic (exact) mass is 421 g/mol. The van der Waals surface area contributed by atoms with Crippen molar-refractivity contribution < 1.29 is 40.7 Å². The van der Waals surface area contributed by atoms with E-state index in [0.717, 1.165) is 19.2 Å². The van der Waals surface area contributed by atoms with Crippen molar-refractivity contribution in [3.05, 3.63) is 40.7 Å². The van der Waals surface area contributed by atoms with Crippen molar-refractivity contribution in [1.29, 1.82) is 0 Å². The fraction of sp³-hybridized carbons (Fsp3) is 0.412. The Hall–Kier alpha value is -2.92. The highest BCUT2D eigenvalue weighted by molar-refractivity contribution is 5.99. The largest absolute Gasteiger partial charge is 0.434 e. The fourth-order valence-electron chi connectivity index (χ4n) is 2.81. The third kappa shape index (κ3) is 4.40. The molecule has 0 atom stereocenters. The standard InChI is InChI=1S/C17H13F6N3O3/c1-7(27)29-13-9(6-8-2-3-8)11(16(28)26-5-4-10(18)25-26)14(17(21,22)23)24-12(13)15(19)20/h4-5,8,15H,2-3,6H2,1H3. The second-order valence-electron chi connectivity index (χ2n) is 6.46. The van der Waals surface area contributed by atoms with E-state index in [-0.39, 0.29) is 12.3 Å². The molecule has 0 unspecified atom stereocenters. The van der Waals surface area contributed by atoms with Gasteiger partial charge in [0.05, 0.1) is 5.56 Å². The summed E-state index contributed by atoms with van der Waals surface area (Å²) >= 11 is 0. The van der Waals surface area contributed by atoms with Gasteiger partial charge in [-0.15, -0.1) is 5.10 Å². The van der Waals surface area contributed by atoms with Gasteiger partial charge in [-0.1, -0.05) is 0 Å². The molecule has 12 heteroatoms. The van der Waals surface area contributed by atoms with Gasteiger partial charge < -0.3 is 4.74 Å². The zero-order valence-corrected chi connectivity index (χ0v) is 14.8. The van der Waals surface area contributed by atoms with E-state index in [0.29, 0.717) is 17.5 Å². The van der Waals surface area contributed by atoms with Gasteiger partial charge in [0.15, 0.2) is 11.4 Å². The SMILES string of the molecule is CC(=O)Oc1c(C(F)F)nc(C(F)(F)F)c(C(=O)n2ccc(F)n2)c1CC1CC1. The smallest absolute Gasteiger partial charge is 0.424 e. The van der Waals surface area contributed by atoms with Crippen LogP contribution in [0.25, 0.3) is 0 Å². The summed E-state index contributed by atoms with van der Waals surface area (Å²) in [5, 5.41) is 3.14. The molecule has 1 aliphatic carbocycles. The average molecular weight is 421 g/mol. The molecule has 0 spiro atoms. The molecule has 0 saturated heterocycles. The lowest BCUT2D eigenvalue weighted by Crippen LogP contribution is -2.25. The normalized spacial score (nSPS) is 14.3. The summed E-state index contributed by atoms with van der Waals surface area (Å²) in [6.07, 6.45) is -7.04. The molecular formula is C17H13F6N3O3. The van der Waals surface area contributed by atoms with Crippen molar-refractivity contribution in [3.63, 3.8) is 0 Å². The van der Waals surface area contributed by atoms with Crippen LogP contribution in [0.2, 0.25) is 0 Å². The van der Waals surface area contributed by atoms with Crippen LogP contribution in [-0.4, -0.2) is 26.6 Å². The van der Waals surface area contributed by atoms with Crippen LogP contribution in [0.1, 0.15) is 53.5 Å². The van der Waals surface area contributed by atoms with E-state index in [2.05, 4.69) is 10.1 Å². The van der Waals surface area contributed by atoms with E-state index in [1.807, 2.05) is 0 Å². The van der Waals surface area contributed by atoms with E-state index >= 15 is 0 Å². The Labute approximate surface area is 159 Å². The Morgan fingerprint density at radius 1 is 1.31 bits per heavy atom. The van der Waals surface area contributed by atoms with Gasteiger partial charge in [0.1, 0.15) is 5.69 Å². The van der Waals surface area contributed by atoms with E-state index in [1.54, 1.807) is 0 Å². The number of carbonyl (C=O) groups excluding carboxylic acids is 2. The van der Waals surface area contributed by atoms with Crippen LogP contribution in [0.4, 0.5) is 26.3 Å². The predicted octanol–water partition coefficient (Wildman–Crippen LogP) is 3.94. The van der Waals surface area contributed by atoms with Crippen LogP contribution >= 0.6 is 0 Å². The number of halogens is 6. The zero-order valence-electron chi connectivity index (χ0n) is 14.8. The summed E-state index contributed by atoms with van der Waals surface area (Å²) in [7, 11) is 0. The first-order chi connectivity index (χ1) is 13.5. The number of carbonyl (C=O) groups is 2. The lowest BCUT2D eigenvalue weighted by atomic mass is 9.97. The summed E-state index contributed by atoms with van der Waals surface area (Å²) in [5.74, 6) is -4.71. The summed E-state index contributed by atoms with van der Waals surface area (Å²) in [6.45, 7) is 0.873. The second-order valence-corrected chi connectivity index (χ2v) is 6.46. The van der Waals surface area contributed by atoms with Gasteiger partial charge in [-0.2, -0.15) is 17.6 Å². The maximum atomic E-state index is 13.6. The Kier molecular flexibility index (Phi) is 5.37. The van der Waals surface area contributed by atoms with Crippen LogP contribution in [0, 0.1) is 11.9 Å². The molecule has 0 aliphatic heterocycles. The number of rotatable bonds is 5. The number of ether oxygens (including phenoxy) is 1. The Morgan fingerprint density at radius 3 is 2.41 bits per heavy atom. The zero-order chi connectivity index (χ0) is 21.5. The van der Waals surface area contributed by atoms with Gasteiger partial charge in [0.2, 0.25) is 5.95 Å². The molecule has 0 radical (unpaired) electrons. The topological polar surface area (TPSA) is 74.1 Å². The fourth-order valence-corrected chi connectivity index (χ4v) is 2.81. The molecule has 1 fully saturated rings. The summed E-state index contributed by atoms with van der Waals surface area (Å²) in [5.41, 5.74) is -4.90. The second kappa shape index (κ2) is 7.48. The highest BCUT2D eigenvalue weighted by Gasteiger charge is 2.43. The number of nitrogens with zero attached hydrogens (tertiary/aromatic N) is 3. The first kappa shape index (κ1) is 20.8. The number of pyridine rings is 1. The third-order valence-corrected chi connectivity index (χ3v) is 4.17. The molecule has 1 aliphatic rings. The number of alkyl halides is 5. The molecule has 2 heterocycles. The van der Waals surface area contributed by atoms with Gasteiger partial charge >= 0.3 is 12.1 Å². The van der Waals surface area contributed by atoms with Crippen molar-refractivity contribution >= 4 is 11.9 Å². The van der Waals surface area contributed by atoms with E-state index in [1.165, 1.54) is 0 Å². The van der Waals surface area contributed by atoms with Crippen LogP contribution in [-0.2, 0) is 17.4 Å².